The minimum absolute atomic E-state index is 1.16. The Labute approximate surface area is 123 Å². The van der Waals surface area contributed by atoms with Crippen LogP contribution in [-0.2, 0) is 0 Å². The lowest BCUT2D eigenvalue weighted by atomic mass is 10.2. The van der Waals surface area contributed by atoms with Gasteiger partial charge in [-0.3, -0.25) is 0 Å². The predicted octanol–water partition coefficient (Wildman–Crippen LogP) is 4.74. The number of unbranched alkanes of at least 4 members (excludes halogenated alkanes) is 7. The molecule has 2 heteroatoms. The SMILES string of the molecule is CCCCCCNCCCCCC.CCCCNC. The quantitative estimate of drug-likeness (QED) is 0.473. The summed E-state index contributed by atoms with van der Waals surface area (Å²) in [5, 5.41) is 6.57. The van der Waals surface area contributed by atoms with Crippen molar-refractivity contribution in [1.82, 2.24) is 10.6 Å². The van der Waals surface area contributed by atoms with Gasteiger partial charge < -0.3 is 10.6 Å². The van der Waals surface area contributed by atoms with Gasteiger partial charge in [0.2, 0.25) is 0 Å². The molecule has 0 radical (unpaired) electrons. The molecule has 0 aliphatic carbocycles. The maximum Gasteiger partial charge on any atom is -0.00489 e. The fourth-order valence-electron chi connectivity index (χ4n) is 1.83. The molecule has 0 atom stereocenters. The first-order valence-corrected chi connectivity index (χ1v) is 8.68. The molecule has 0 aromatic heterocycles. The number of nitrogens with one attached hydrogen (secondary N) is 2. The zero-order valence-electron chi connectivity index (χ0n) is 14.2. The summed E-state index contributed by atoms with van der Waals surface area (Å²) in [6.45, 7) is 10.3. The highest BCUT2D eigenvalue weighted by molar-refractivity contribution is 4.49. The topological polar surface area (TPSA) is 24.1 Å². The Morgan fingerprint density at radius 3 is 1.32 bits per heavy atom. The molecule has 0 saturated heterocycles. The molecule has 2 N–H and O–H groups in total. The van der Waals surface area contributed by atoms with E-state index < -0.39 is 0 Å². The van der Waals surface area contributed by atoms with Gasteiger partial charge in [-0.15, -0.1) is 0 Å². The second-order valence-corrected chi connectivity index (χ2v) is 5.33. The van der Waals surface area contributed by atoms with Crippen molar-refractivity contribution in [3.63, 3.8) is 0 Å². The third-order valence-corrected chi connectivity index (χ3v) is 3.19. The molecule has 0 rings (SSSR count). The van der Waals surface area contributed by atoms with E-state index in [1.807, 2.05) is 7.05 Å². The molecule has 19 heavy (non-hydrogen) atoms. The number of hydrogen-bond donors (Lipinski definition) is 2. The number of rotatable bonds is 13. The maximum atomic E-state index is 3.50. The fraction of sp³-hybridized carbons (Fsp3) is 1.00. The molecule has 0 amide bonds. The van der Waals surface area contributed by atoms with Gasteiger partial charge >= 0.3 is 0 Å². The highest BCUT2D eigenvalue weighted by Crippen LogP contribution is 1.98. The summed E-state index contributed by atoms with van der Waals surface area (Å²) >= 11 is 0. The van der Waals surface area contributed by atoms with E-state index in [0.29, 0.717) is 0 Å². The first-order chi connectivity index (χ1) is 9.33. The smallest absolute Gasteiger partial charge is 0.00489 e. The second-order valence-electron chi connectivity index (χ2n) is 5.33. The van der Waals surface area contributed by atoms with Crippen LogP contribution in [0.5, 0.6) is 0 Å². The van der Waals surface area contributed by atoms with Crippen molar-refractivity contribution in [2.24, 2.45) is 0 Å². The van der Waals surface area contributed by atoms with E-state index in [1.54, 1.807) is 0 Å². The molecule has 0 heterocycles. The molecule has 2 nitrogen and oxygen atoms in total. The average molecular weight is 273 g/mol. The van der Waals surface area contributed by atoms with Crippen LogP contribution in [0.2, 0.25) is 0 Å². The van der Waals surface area contributed by atoms with Crippen LogP contribution >= 0.6 is 0 Å². The van der Waals surface area contributed by atoms with Gasteiger partial charge in [0, 0.05) is 0 Å². The Morgan fingerprint density at radius 1 is 0.526 bits per heavy atom. The summed E-state index contributed by atoms with van der Waals surface area (Å²) < 4.78 is 0. The van der Waals surface area contributed by atoms with Crippen molar-refractivity contribution >= 4 is 0 Å². The lowest BCUT2D eigenvalue weighted by Crippen LogP contribution is -2.16. The van der Waals surface area contributed by atoms with Gasteiger partial charge in [-0.25, -0.2) is 0 Å². The van der Waals surface area contributed by atoms with Crippen molar-refractivity contribution < 1.29 is 0 Å². The largest absolute Gasteiger partial charge is 0.320 e. The van der Waals surface area contributed by atoms with Crippen molar-refractivity contribution in [1.29, 1.82) is 0 Å². The van der Waals surface area contributed by atoms with Gasteiger partial charge in [-0.2, -0.15) is 0 Å². The maximum absolute atomic E-state index is 3.50. The van der Waals surface area contributed by atoms with Gasteiger partial charge in [0.15, 0.2) is 0 Å². The molecule has 0 aliphatic heterocycles. The van der Waals surface area contributed by atoms with E-state index in [0.717, 1.165) is 6.54 Å². The molecule has 0 unspecified atom stereocenters. The van der Waals surface area contributed by atoms with Crippen LogP contribution in [0.15, 0.2) is 0 Å². The molecule has 0 aromatic carbocycles. The molecular formula is C17H40N2. The van der Waals surface area contributed by atoms with E-state index in [2.05, 4.69) is 31.4 Å². The minimum Gasteiger partial charge on any atom is -0.320 e. The average Bonchev–Trinajstić information content (AvgIpc) is 2.44. The zero-order valence-corrected chi connectivity index (χ0v) is 14.2. The molecule has 0 bridgehead atoms. The summed E-state index contributed by atoms with van der Waals surface area (Å²) in [5.74, 6) is 0. The van der Waals surface area contributed by atoms with Crippen LogP contribution in [0.1, 0.15) is 85.0 Å². The van der Waals surface area contributed by atoms with Crippen molar-refractivity contribution in [2.75, 3.05) is 26.7 Å². The van der Waals surface area contributed by atoms with Crippen LogP contribution in [-0.4, -0.2) is 26.7 Å². The molecule has 0 saturated carbocycles. The van der Waals surface area contributed by atoms with Gasteiger partial charge in [0.05, 0.1) is 0 Å². The monoisotopic (exact) mass is 272 g/mol. The van der Waals surface area contributed by atoms with E-state index in [4.69, 9.17) is 0 Å². The third kappa shape index (κ3) is 27.2. The fourth-order valence-corrected chi connectivity index (χ4v) is 1.83. The van der Waals surface area contributed by atoms with Crippen molar-refractivity contribution in [2.45, 2.75) is 85.0 Å². The van der Waals surface area contributed by atoms with E-state index >= 15 is 0 Å². The Balaban J connectivity index is 0. The first kappa shape index (κ1) is 21.2. The van der Waals surface area contributed by atoms with Gasteiger partial charge in [-0.1, -0.05) is 65.7 Å². The molecular weight excluding hydrogens is 232 g/mol. The van der Waals surface area contributed by atoms with E-state index in [1.165, 1.54) is 77.3 Å². The van der Waals surface area contributed by atoms with Crippen molar-refractivity contribution in [3.05, 3.63) is 0 Å². The zero-order chi connectivity index (χ0) is 14.6. The molecule has 0 aliphatic rings. The normalized spacial score (nSPS) is 10.1. The van der Waals surface area contributed by atoms with Crippen LogP contribution < -0.4 is 10.6 Å². The summed E-state index contributed by atoms with van der Waals surface area (Å²) in [7, 11) is 1.98. The van der Waals surface area contributed by atoms with Crippen molar-refractivity contribution in [3.8, 4) is 0 Å². The van der Waals surface area contributed by atoms with Crippen LogP contribution in [0.25, 0.3) is 0 Å². The molecule has 118 valence electrons. The summed E-state index contributed by atoms with van der Waals surface area (Å²) in [5.41, 5.74) is 0. The molecule has 0 fully saturated rings. The summed E-state index contributed by atoms with van der Waals surface area (Å²) in [4.78, 5) is 0. The second kappa shape index (κ2) is 23.0. The lowest BCUT2D eigenvalue weighted by molar-refractivity contribution is 0.564. The standard InChI is InChI=1S/C12H27N.C5H13N/c1-3-5-7-9-11-13-12-10-8-6-4-2;1-3-4-5-6-2/h13H,3-12H2,1-2H3;6H,3-5H2,1-2H3. The van der Waals surface area contributed by atoms with E-state index in [9.17, 15) is 0 Å². The van der Waals surface area contributed by atoms with Crippen LogP contribution in [0.4, 0.5) is 0 Å². The molecule has 0 aromatic rings. The van der Waals surface area contributed by atoms with Crippen LogP contribution in [0.3, 0.4) is 0 Å². The molecule has 0 spiro atoms. The first-order valence-electron chi connectivity index (χ1n) is 8.68. The Hall–Kier alpha value is -0.0800. The summed E-state index contributed by atoms with van der Waals surface area (Å²) in [6.07, 6.45) is 13.6. The Kier molecular flexibility index (Phi) is 25.7. The predicted molar refractivity (Wildman–Crippen MR) is 90.0 cm³/mol. The number of hydrogen-bond acceptors (Lipinski definition) is 2. The minimum atomic E-state index is 1.16. The van der Waals surface area contributed by atoms with E-state index in [-0.39, 0.29) is 0 Å². The van der Waals surface area contributed by atoms with Gasteiger partial charge in [0.25, 0.3) is 0 Å². The Bertz CT molecular complexity index is 112. The van der Waals surface area contributed by atoms with Gasteiger partial charge in [-0.05, 0) is 45.9 Å². The highest BCUT2D eigenvalue weighted by Gasteiger charge is 1.89. The highest BCUT2D eigenvalue weighted by atomic mass is 14.8. The third-order valence-electron chi connectivity index (χ3n) is 3.19. The summed E-state index contributed by atoms with van der Waals surface area (Å²) in [6, 6.07) is 0. The Morgan fingerprint density at radius 2 is 1.00 bits per heavy atom. The van der Waals surface area contributed by atoms with Gasteiger partial charge in [0.1, 0.15) is 0 Å². The lowest BCUT2D eigenvalue weighted by Gasteiger charge is -2.03. The van der Waals surface area contributed by atoms with Crippen LogP contribution in [0, 0.1) is 0 Å².